The Hall–Kier alpha value is -0.613. The van der Waals surface area contributed by atoms with Crippen molar-refractivity contribution >= 4 is 14.2 Å². The summed E-state index contributed by atoms with van der Waals surface area (Å²) in [7, 11) is -1.44. The Morgan fingerprint density at radius 2 is 2.00 bits per heavy atom. The Morgan fingerprint density at radius 3 is 2.40 bits per heavy atom. The van der Waals surface area contributed by atoms with Crippen LogP contribution in [0.4, 0.5) is 0 Å². The fourth-order valence-corrected chi connectivity index (χ4v) is 2.83. The molecule has 1 rings (SSSR count). The molecule has 2 atom stereocenters. The molecule has 3 nitrogen and oxygen atoms in total. The highest BCUT2D eigenvalue weighted by Gasteiger charge is 2.22. The third kappa shape index (κ3) is 5.13. The van der Waals surface area contributed by atoms with Crippen LogP contribution in [0.3, 0.4) is 0 Å². The van der Waals surface area contributed by atoms with Crippen LogP contribution in [-0.4, -0.2) is 26.4 Å². The molecule has 1 aliphatic carbocycles. The molecule has 4 heteroatoms. The number of hydrogen-bond donors (Lipinski definition) is 1. The van der Waals surface area contributed by atoms with Crippen LogP contribution in [0.25, 0.3) is 0 Å². The first-order valence-electron chi connectivity index (χ1n) is 5.50. The first-order valence-corrected chi connectivity index (χ1v) is 8.91. The lowest BCUT2D eigenvalue weighted by molar-refractivity contribution is -0.119. The molecule has 0 aromatic rings. The van der Waals surface area contributed by atoms with Gasteiger partial charge in [0.1, 0.15) is 0 Å². The van der Waals surface area contributed by atoms with E-state index >= 15 is 0 Å². The van der Waals surface area contributed by atoms with Crippen LogP contribution in [0.2, 0.25) is 19.6 Å². The van der Waals surface area contributed by atoms with Crippen LogP contribution in [0, 0.1) is 0 Å². The maximum atomic E-state index is 10.9. The van der Waals surface area contributed by atoms with E-state index in [-0.39, 0.29) is 18.1 Å². The lowest BCUT2D eigenvalue weighted by Crippen LogP contribution is -2.37. The fraction of sp³-hybridized carbons (Fsp3) is 0.727. The summed E-state index contributed by atoms with van der Waals surface area (Å²) in [6.07, 6.45) is 6.37. The van der Waals surface area contributed by atoms with Crippen molar-refractivity contribution in [2.24, 2.45) is 0 Å². The van der Waals surface area contributed by atoms with Gasteiger partial charge < -0.3 is 9.74 Å². The zero-order valence-electron chi connectivity index (χ0n) is 10.0. The molecule has 1 N–H and O–H groups in total. The smallest absolute Gasteiger partial charge is 0.217 e. The molecular formula is C11H21NO2Si. The van der Waals surface area contributed by atoms with Crippen molar-refractivity contribution in [1.82, 2.24) is 5.32 Å². The Balaban J connectivity index is 2.41. The largest absolute Gasteiger partial charge is 0.411 e. The Kier molecular flexibility index (Phi) is 4.10. The number of hydrogen-bond acceptors (Lipinski definition) is 2. The van der Waals surface area contributed by atoms with E-state index in [1.165, 1.54) is 0 Å². The quantitative estimate of drug-likeness (QED) is 0.592. The summed E-state index contributed by atoms with van der Waals surface area (Å²) in [4.78, 5) is 10.9. The molecule has 0 unspecified atom stereocenters. The second-order valence-electron chi connectivity index (χ2n) is 5.04. The number of carbonyl (C=O) groups excluding carboxylic acids is 1. The van der Waals surface area contributed by atoms with Crippen molar-refractivity contribution in [3.63, 3.8) is 0 Å². The Morgan fingerprint density at radius 1 is 1.33 bits per heavy atom. The van der Waals surface area contributed by atoms with Crippen molar-refractivity contribution in [2.75, 3.05) is 0 Å². The fourth-order valence-electron chi connectivity index (χ4n) is 1.73. The standard InChI is InChI=1S/C11H21NO2Si/c1-9(13)12-10-5-7-11(8-6-10)14-15(2,3)4/h5,7,10-11H,6,8H2,1-4H3,(H,12,13)/t10-,11+/m0/s1. The molecule has 0 radical (unpaired) electrons. The van der Waals surface area contributed by atoms with Gasteiger partial charge in [-0.25, -0.2) is 0 Å². The number of carbonyl (C=O) groups is 1. The van der Waals surface area contributed by atoms with E-state index < -0.39 is 8.32 Å². The Bertz CT molecular complexity index is 258. The molecule has 0 aromatic heterocycles. The molecule has 0 saturated heterocycles. The van der Waals surface area contributed by atoms with Gasteiger partial charge in [0.25, 0.3) is 0 Å². The summed E-state index contributed by atoms with van der Waals surface area (Å²) < 4.78 is 5.97. The van der Waals surface area contributed by atoms with Crippen molar-refractivity contribution in [3.05, 3.63) is 12.2 Å². The molecule has 0 fully saturated rings. The molecule has 0 aliphatic heterocycles. The average molecular weight is 227 g/mol. The molecule has 0 spiro atoms. The monoisotopic (exact) mass is 227 g/mol. The second kappa shape index (κ2) is 4.94. The van der Waals surface area contributed by atoms with Crippen molar-refractivity contribution in [3.8, 4) is 0 Å². The molecule has 86 valence electrons. The minimum absolute atomic E-state index is 0.0363. The molecule has 0 aromatic carbocycles. The Labute approximate surface area is 93.0 Å². The van der Waals surface area contributed by atoms with Crippen LogP contribution < -0.4 is 5.32 Å². The highest BCUT2D eigenvalue weighted by Crippen LogP contribution is 2.18. The van der Waals surface area contributed by atoms with Crippen LogP contribution in [0.15, 0.2) is 12.2 Å². The number of nitrogens with one attached hydrogen (secondary N) is 1. The summed E-state index contributed by atoms with van der Waals surface area (Å²) in [6, 6.07) is 0.198. The number of amides is 1. The van der Waals surface area contributed by atoms with E-state index in [2.05, 4.69) is 37.1 Å². The van der Waals surface area contributed by atoms with E-state index in [0.29, 0.717) is 0 Å². The van der Waals surface area contributed by atoms with Crippen molar-refractivity contribution in [1.29, 1.82) is 0 Å². The lowest BCUT2D eigenvalue weighted by atomic mass is 10.0. The van der Waals surface area contributed by atoms with Gasteiger partial charge in [0.15, 0.2) is 8.32 Å². The SMILES string of the molecule is CC(=O)N[C@H]1C=C[C@@H](O[Si](C)(C)C)CC1. The van der Waals surface area contributed by atoms with Crippen LogP contribution in [-0.2, 0) is 9.22 Å². The van der Waals surface area contributed by atoms with E-state index in [0.717, 1.165) is 12.8 Å². The molecule has 1 amide bonds. The zero-order valence-corrected chi connectivity index (χ0v) is 11.0. The summed E-state index contributed by atoms with van der Waals surface area (Å²) in [5, 5.41) is 2.90. The second-order valence-corrected chi connectivity index (χ2v) is 9.50. The first kappa shape index (κ1) is 12.5. The molecular weight excluding hydrogens is 206 g/mol. The normalized spacial score (nSPS) is 26.4. The first-order chi connectivity index (χ1) is 6.87. The molecule has 15 heavy (non-hydrogen) atoms. The predicted molar refractivity (Wildman–Crippen MR) is 64.2 cm³/mol. The maximum absolute atomic E-state index is 10.9. The van der Waals surface area contributed by atoms with Crippen LogP contribution in [0.1, 0.15) is 19.8 Å². The van der Waals surface area contributed by atoms with E-state index in [1.54, 1.807) is 6.92 Å². The highest BCUT2D eigenvalue weighted by molar-refractivity contribution is 6.69. The zero-order chi connectivity index (χ0) is 11.5. The molecule has 1 aliphatic rings. The van der Waals surface area contributed by atoms with Gasteiger partial charge in [0.2, 0.25) is 5.91 Å². The third-order valence-corrected chi connectivity index (χ3v) is 3.22. The minimum atomic E-state index is -1.44. The van der Waals surface area contributed by atoms with Gasteiger partial charge in [-0.2, -0.15) is 0 Å². The van der Waals surface area contributed by atoms with Gasteiger partial charge in [-0.15, -0.1) is 0 Å². The summed E-state index contributed by atoms with van der Waals surface area (Å²) in [5.41, 5.74) is 0. The number of rotatable bonds is 3. The van der Waals surface area contributed by atoms with Gasteiger partial charge in [0.05, 0.1) is 6.10 Å². The predicted octanol–water partition coefficient (Wildman–Crippen LogP) is 2.06. The summed E-state index contributed by atoms with van der Waals surface area (Å²) >= 11 is 0. The average Bonchev–Trinajstić information content (AvgIpc) is 2.05. The van der Waals surface area contributed by atoms with Crippen LogP contribution >= 0.6 is 0 Å². The molecule has 0 bridgehead atoms. The van der Waals surface area contributed by atoms with Crippen molar-refractivity contribution in [2.45, 2.75) is 51.6 Å². The van der Waals surface area contributed by atoms with Crippen LogP contribution in [0.5, 0.6) is 0 Å². The summed E-state index contributed by atoms with van der Waals surface area (Å²) in [6.45, 7) is 8.14. The summed E-state index contributed by atoms with van der Waals surface area (Å²) in [5.74, 6) is 0.0363. The van der Waals surface area contributed by atoms with Gasteiger partial charge >= 0.3 is 0 Å². The highest BCUT2D eigenvalue weighted by atomic mass is 28.4. The van der Waals surface area contributed by atoms with Gasteiger partial charge in [-0.3, -0.25) is 4.79 Å². The van der Waals surface area contributed by atoms with E-state index in [1.807, 2.05) is 0 Å². The van der Waals surface area contributed by atoms with Gasteiger partial charge in [-0.1, -0.05) is 12.2 Å². The molecule has 0 heterocycles. The maximum Gasteiger partial charge on any atom is 0.217 e. The molecule has 0 saturated carbocycles. The van der Waals surface area contributed by atoms with E-state index in [4.69, 9.17) is 4.43 Å². The minimum Gasteiger partial charge on any atom is -0.411 e. The third-order valence-electron chi connectivity index (χ3n) is 2.21. The van der Waals surface area contributed by atoms with Gasteiger partial charge in [-0.05, 0) is 32.5 Å². The topological polar surface area (TPSA) is 38.3 Å². The lowest BCUT2D eigenvalue weighted by Gasteiger charge is -2.28. The van der Waals surface area contributed by atoms with Gasteiger partial charge in [0, 0.05) is 13.0 Å². The van der Waals surface area contributed by atoms with Crippen molar-refractivity contribution < 1.29 is 9.22 Å². The van der Waals surface area contributed by atoms with E-state index in [9.17, 15) is 4.79 Å².